The molecule has 0 heterocycles. The van der Waals surface area contributed by atoms with Crippen LogP contribution < -0.4 is 5.73 Å². The molecule has 1 rings (SSSR count). The Hall–Kier alpha value is -0.940. The predicted octanol–water partition coefficient (Wildman–Crippen LogP) is 1.81. The number of halogens is 1. The lowest BCUT2D eigenvalue weighted by molar-refractivity contribution is 0.582. The largest absolute Gasteiger partial charge is 0.326 e. The first-order valence-corrected chi connectivity index (χ1v) is 6.89. The Morgan fingerprint density at radius 3 is 2.31 bits per heavy atom. The zero-order valence-electron chi connectivity index (χ0n) is 9.62. The van der Waals surface area contributed by atoms with E-state index in [1.807, 2.05) is 13.8 Å². The van der Waals surface area contributed by atoms with E-state index >= 15 is 0 Å². The summed E-state index contributed by atoms with van der Waals surface area (Å²) in [6, 6.07) is 2.85. The van der Waals surface area contributed by atoms with Crippen molar-refractivity contribution < 1.29 is 12.8 Å². The second-order valence-electron chi connectivity index (χ2n) is 4.11. The highest BCUT2D eigenvalue weighted by molar-refractivity contribution is 7.90. The van der Waals surface area contributed by atoms with E-state index < -0.39 is 15.7 Å². The fourth-order valence-electron chi connectivity index (χ4n) is 1.49. The average molecular weight is 245 g/mol. The lowest BCUT2D eigenvalue weighted by Crippen LogP contribution is -2.10. The molecule has 0 amide bonds. The third-order valence-electron chi connectivity index (χ3n) is 2.45. The van der Waals surface area contributed by atoms with E-state index in [0.717, 1.165) is 6.26 Å². The minimum absolute atomic E-state index is 0.00120. The van der Waals surface area contributed by atoms with Crippen molar-refractivity contribution in [1.82, 2.24) is 0 Å². The van der Waals surface area contributed by atoms with Crippen LogP contribution in [0.4, 0.5) is 4.39 Å². The Balaban J connectivity index is 3.56. The summed E-state index contributed by atoms with van der Waals surface area (Å²) in [6.45, 7) is 3.64. The van der Waals surface area contributed by atoms with Crippen molar-refractivity contribution in [2.45, 2.75) is 31.2 Å². The van der Waals surface area contributed by atoms with Crippen molar-refractivity contribution in [1.29, 1.82) is 0 Å². The molecule has 0 bridgehead atoms. The van der Waals surface area contributed by atoms with Crippen LogP contribution in [0.2, 0.25) is 0 Å². The number of nitrogens with two attached hydrogens (primary N) is 1. The molecule has 0 unspecified atom stereocenters. The van der Waals surface area contributed by atoms with Crippen molar-refractivity contribution in [2.75, 3.05) is 6.26 Å². The van der Waals surface area contributed by atoms with Gasteiger partial charge in [0, 0.05) is 18.4 Å². The number of rotatable bonds is 3. The van der Waals surface area contributed by atoms with Gasteiger partial charge in [-0.1, -0.05) is 13.8 Å². The molecular formula is C11H16FNO2S. The Kier molecular flexibility index (Phi) is 3.70. The smallest absolute Gasteiger partial charge is 0.175 e. The Labute approximate surface area is 95.4 Å². The molecule has 0 atom stereocenters. The molecule has 0 aliphatic carbocycles. The summed E-state index contributed by atoms with van der Waals surface area (Å²) >= 11 is 0. The molecule has 0 fully saturated rings. The van der Waals surface area contributed by atoms with Crippen molar-refractivity contribution in [3.05, 3.63) is 29.1 Å². The van der Waals surface area contributed by atoms with Crippen LogP contribution in [0.1, 0.15) is 30.9 Å². The second kappa shape index (κ2) is 4.51. The highest BCUT2D eigenvalue weighted by Gasteiger charge is 2.18. The van der Waals surface area contributed by atoms with Gasteiger partial charge in [0.15, 0.2) is 9.84 Å². The normalized spacial score (nSPS) is 12.1. The van der Waals surface area contributed by atoms with Crippen LogP contribution >= 0.6 is 0 Å². The number of hydrogen-bond donors (Lipinski definition) is 1. The standard InChI is InChI=1S/C11H16FNO2S/c1-7(2)8-4-10(12)9(6-13)11(5-8)16(3,14)15/h4-5,7H,6,13H2,1-3H3. The van der Waals surface area contributed by atoms with E-state index in [4.69, 9.17) is 5.73 Å². The highest BCUT2D eigenvalue weighted by Crippen LogP contribution is 2.25. The van der Waals surface area contributed by atoms with E-state index in [2.05, 4.69) is 0 Å². The molecule has 2 N–H and O–H groups in total. The molecule has 0 spiro atoms. The third-order valence-corrected chi connectivity index (χ3v) is 3.61. The first-order chi connectivity index (χ1) is 7.27. The first-order valence-electron chi connectivity index (χ1n) is 4.99. The van der Waals surface area contributed by atoms with Crippen LogP contribution in [0.15, 0.2) is 17.0 Å². The summed E-state index contributed by atoms with van der Waals surface area (Å²) in [5.74, 6) is -0.476. The monoisotopic (exact) mass is 245 g/mol. The Bertz CT molecular complexity index is 495. The first kappa shape index (κ1) is 13.1. The summed E-state index contributed by atoms with van der Waals surface area (Å²) in [7, 11) is -3.44. The van der Waals surface area contributed by atoms with Crippen LogP contribution in [0.3, 0.4) is 0 Å². The van der Waals surface area contributed by atoms with Gasteiger partial charge in [-0.15, -0.1) is 0 Å². The molecule has 1 aromatic rings. The fraction of sp³-hybridized carbons (Fsp3) is 0.455. The highest BCUT2D eigenvalue weighted by atomic mass is 32.2. The number of sulfone groups is 1. The average Bonchev–Trinajstić information content (AvgIpc) is 2.14. The topological polar surface area (TPSA) is 60.2 Å². The summed E-state index contributed by atoms with van der Waals surface area (Å²) < 4.78 is 36.7. The zero-order valence-corrected chi connectivity index (χ0v) is 10.4. The maximum atomic E-state index is 13.7. The zero-order chi connectivity index (χ0) is 12.5. The Morgan fingerprint density at radius 1 is 1.38 bits per heavy atom. The van der Waals surface area contributed by atoms with Crippen LogP contribution in [0.5, 0.6) is 0 Å². The molecular weight excluding hydrogens is 229 g/mol. The lowest BCUT2D eigenvalue weighted by Gasteiger charge is -2.12. The van der Waals surface area contributed by atoms with Gasteiger partial charge in [-0.05, 0) is 23.6 Å². The Morgan fingerprint density at radius 2 is 1.94 bits per heavy atom. The molecule has 0 saturated carbocycles. The summed E-state index contributed by atoms with van der Waals surface area (Å²) in [5, 5.41) is 0. The SMILES string of the molecule is CC(C)c1cc(F)c(CN)c(S(C)(=O)=O)c1. The van der Waals surface area contributed by atoms with Gasteiger partial charge in [-0.3, -0.25) is 0 Å². The van der Waals surface area contributed by atoms with E-state index in [-0.39, 0.29) is 22.9 Å². The second-order valence-corrected chi connectivity index (χ2v) is 6.09. The molecule has 0 aliphatic rings. The number of hydrogen-bond acceptors (Lipinski definition) is 3. The molecule has 3 nitrogen and oxygen atoms in total. The third kappa shape index (κ3) is 2.59. The maximum absolute atomic E-state index is 13.7. The summed E-state index contributed by atoms with van der Waals surface area (Å²) in [5.41, 5.74) is 6.09. The lowest BCUT2D eigenvalue weighted by atomic mass is 10.0. The maximum Gasteiger partial charge on any atom is 0.175 e. The van der Waals surface area contributed by atoms with Crippen LogP contribution in [0.25, 0.3) is 0 Å². The molecule has 0 aliphatic heterocycles. The molecule has 90 valence electrons. The molecule has 0 aromatic heterocycles. The van der Waals surface area contributed by atoms with Crippen LogP contribution in [0, 0.1) is 5.82 Å². The van der Waals surface area contributed by atoms with Gasteiger partial charge in [0.05, 0.1) is 4.90 Å². The molecule has 1 aromatic carbocycles. The predicted molar refractivity (Wildman–Crippen MR) is 61.5 cm³/mol. The minimum atomic E-state index is -3.44. The summed E-state index contributed by atoms with van der Waals surface area (Å²) in [4.78, 5) is -0.00120. The van der Waals surface area contributed by atoms with Crippen molar-refractivity contribution in [3.8, 4) is 0 Å². The minimum Gasteiger partial charge on any atom is -0.326 e. The van der Waals surface area contributed by atoms with Crippen LogP contribution in [-0.2, 0) is 16.4 Å². The van der Waals surface area contributed by atoms with Gasteiger partial charge in [-0.25, -0.2) is 12.8 Å². The van der Waals surface area contributed by atoms with Gasteiger partial charge >= 0.3 is 0 Å². The van der Waals surface area contributed by atoms with E-state index in [9.17, 15) is 12.8 Å². The van der Waals surface area contributed by atoms with Gasteiger partial charge in [0.25, 0.3) is 0 Å². The van der Waals surface area contributed by atoms with Gasteiger partial charge < -0.3 is 5.73 Å². The summed E-state index contributed by atoms with van der Waals surface area (Å²) in [6.07, 6.45) is 1.06. The number of benzene rings is 1. The van der Waals surface area contributed by atoms with E-state index in [1.165, 1.54) is 12.1 Å². The van der Waals surface area contributed by atoms with Gasteiger partial charge in [0.1, 0.15) is 5.82 Å². The molecule has 0 saturated heterocycles. The van der Waals surface area contributed by atoms with Gasteiger partial charge in [-0.2, -0.15) is 0 Å². The quantitative estimate of drug-likeness (QED) is 0.883. The molecule has 5 heteroatoms. The van der Waals surface area contributed by atoms with E-state index in [0.29, 0.717) is 5.56 Å². The fourth-order valence-corrected chi connectivity index (χ4v) is 2.47. The van der Waals surface area contributed by atoms with E-state index in [1.54, 1.807) is 0 Å². The van der Waals surface area contributed by atoms with Crippen molar-refractivity contribution in [3.63, 3.8) is 0 Å². The molecule has 0 radical (unpaired) electrons. The molecule has 16 heavy (non-hydrogen) atoms. The van der Waals surface area contributed by atoms with Gasteiger partial charge in [0.2, 0.25) is 0 Å². The van der Waals surface area contributed by atoms with Crippen LogP contribution in [-0.4, -0.2) is 14.7 Å². The van der Waals surface area contributed by atoms with Crippen molar-refractivity contribution in [2.24, 2.45) is 5.73 Å². The van der Waals surface area contributed by atoms with Crippen molar-refractivity contribution >= 4 is 9.84 Å².